The van der Waals surface area contributed by atoms with Crippen molar-refractivity contribution in [2.45, 2.75) is 17.5 Å². The summed E-state index contributed by atoms with van der Waals surface area (Å²) >= 11 is 0. The largest absolute Gasteiger partial charge is 0.495 e. The zero-order chi connectivity index (χ0) is 16.3. The molecule has 21 heavy (non-hydrogen) atoms. The highest BCUT2D eigenvalue weighted by Crippen LogP contribution is 2.27. The summed E-state index contributed by atoms with van der Waals surface area (Å²) < 4.78 is 63.4. The third-order valence-corrected chi connectivity index (χ3v) is 3.73. The van der Waals surface area contributed by atoms with Gasteiger partial charge in [0.15, 0.2) is 0 Å². The van der Waals surface area contributed by atoms with Gasteiger partial charge in [0.05, 0.1) is 13.5 Å². The average molecular weight is 346 g/mol. The smallest absolute Gasteiger partial charge is 0.390 e. The lowest BCUT2D eigenvalue weighted by Gasteiger charge is -2.10. The van der Waals surface area contributed by atoms with Crippen LogP contribution in [0.5, 0.6) is 5.75 Å². The number of benzene rings is 1. The van der Waals surface area contributed by atoms with Crippen molar-refractivity contribution in [3.8, 4) is 5.75 Å². The number of methoxy groups -OCH3 is 1. The van der Waals surface area contributed by atoms with Crippen molar-refractivity contribution in [2.75, 3.05) is 13.7 Å². The van der Waals surface area contributed by atoms with Crippen LogP contribution in [0.4, 0.5) is 13.2 Å². The summed E-state index contributed by atoms with van der Waals surface area (Å²) in [5.74, 6) is -0.916. The summed E-state index contributed by atoms with van der Waals surface area (Å²) in [6.07, 6.45) is -5.58. The van der Waals surface area contributed by atoms with Crippen LogP contribution in [-0.4, -0.2) is 34.2 Å². The molecule has 0 heterocycles. The molecule has 1 aromatic carbocycles. The van der Waals surface area contributed by atoms with Crippen molar-refractivity contribution in [3.05, 3.63) is 23.8 Å². The predicted molar refractivity (Wildman–Crippen MR) is 69.0 cm³/mol. The number of hydrogen-bond donors (Lipinski definition) is 1. The molecule has 0 saturated heterocycles. The van der Waals surface area contributed by atoms with Crippen molar-refractivity contribution in [3.63, 3.8) is 0 Å². The predicted octanol–water partition coefficient (Wildman–Crippen LogP) is 2.30. The summed E-state index contributed by atoms with van der Waals surface area (Å²) in [4.78, 5) is 11.2. The molecule has 1 amide bonds. The number of carbonyl (C=O) groups excluding carboxylic acids is 1. The number of ether oxygens (including phenoxy) is 1. The van der Waals surface area contributed by atoms with Crippen LogP contribution in [0.1, 0.15) is 16.8 Å². The van der Waals surface area contributed by atoms with Crippen molar-refractivity contribution >= 4 is 25.6 Å². The quantitative estimate of drug-likeness (QED) is 0.831. The molecule has 0 radical (unpaired) electrons. The second-order valence-electron chi connectivity index (χ2n) is 3.92. The third-order valence-electron chi connectivity index (χ3n) is 2.38. The molecule has 0 aliphatic heterocycles. The molecule has 0 saturated carbocycles. The molecule has 10 heteroatoms. The molecule has 0 atom stereocenters. The van der Waals surface area contributed by atoms with Crippen molar-refractivity contribution in [1.29, 1.82) is 0 Å². The van der Waals surface area contributed by atoms with Gasteiger partial charge in [-0.1, -0.05) is 0 Å². The molecule has 0 aliphatic rings. The Kier molecular flexibility index (Phi) is 5.46. The number of alkyl halides is 3. The molecule has 0 spiro atoms. The number of halogens is 4. The maximum atomic E-state index is 12.0. The molecule has 1 N–H and O–H groups in total. The van der Waals surface area contributed by atoms with Gasteiger partial charge in [0.2, 0.25) is 0 Å². The van der Waals surface area contributed by atoms with Crippen LogP contribution in [0.3, 0.4) is 0 Å². The normalized spacial score (nSPS) is 12.0. The SMILES string of the molecule is COc1ccc(C(=O)NCCC(F)(F)F)cc1S(=O)(=O)Cl. The first-order valence-electron chi connectivity index (χ1n) is 5.52. The van der Waals surface area contributed by atoms with Gasteiger partial charge < -0.3 is 10.1 Å². The number of rotatable bonds is 5. The highest BCUT2D eigenvalue weighted by molar-refractivity contribution is 8.13. The topological polar surface area (TPSA) is 72.5 Å². The van der Waals surface area contributed by atoms with Crippen LogP contribution in [0, 0.1) is 0 Å². The second-order valence-corrected chi connectivity index (χ2v) is 6.46. The van der Waals surface area contributed by atoms with Crippen LogP contribution < -0.4 is 10.1 Å². The zero-order valence-electron chi connectivity index (χ0n) is 10.7. The molecule has 0 unspecified atom stereocenters. The van der Waals surface area contributed by atoms with Gasteiger partial charge in [-0.15, -0.1) is 0 Å². The van der Waals surface area contributed by atoms with Gasteiger partial charge in [0.25, 0.3) is 15.0 Å². The van der Waals surface area contributed by atoms with E-state index in [1.807, 2.05) is 5.32 Å². The molecule has 1 aromatic rings. The highest BCUT2D eigenvalue weighted by Gasteiger charge is 2.27. The number of amides is 1. The Bertz CT molecular complexity index is 631. The zero-order valence-corrected chi connectivity index (χ0v) is 12.3. The van der Waals surface area contributed by atoms with Crippen LogP contribution in [0.25, 0.3) is 0 Å². The lowest BCUT2D eigenvalue weighted by atomic mass is 10.2. The lowest BCUT2D eigenvalue weighted by Crippen LogP contribution is -2.28. The summed E-state index contributed by atoms with van der Waals surface area (Å²) in [6.45, 7) is -0.614. The van der Waals surface area contributed by atoms with Crippen LogP contribution in [0.2, 0.25) is 0 Å². The third kappa shape index (κ3) is 5.43. The molecule has 0 bridgehead atoms. The van der Waals surface area contributed by atoms with E-state index in [4.69, 9.17) is 15.4 Å². The Morgan fingerprint density at radius 3 is 2.48 bits per heavy atom. The summed E-state index contributed by atoms with van der Waals surface area (Å²) in [6, 6.07) is 3.34. The van der Waals surface area contributed by atoms with E-state index in [1.54, 1.807) is 0 Å². The minimum Gasteiger partial charge on any atom is -0.495 e. The first kappa shape index (κ1) is 17.6. The monoisotopic (exact) mass is 345 g/mol. The summed E-state index contributed by atoms with van der Waals surface area (Å²) in [5.41, 5.74) is -0.141. The van der Waals surface area contributed by atoms with Crippen molar-refractivity contribution in [1.82, 2.24) is 5.32 Å². The maximum absolute atomic E-state index is 12.0. The van der Waals surface area contributed by atoms with Crippen LogP contribution in [-0.2, 0) is 9.05 Å². The van der Waals surface area contributed by atoms with E-state index < -0.39 is 39.0 Å². The van der Waals surface area contributed by atoms with Gasteiger partial charge in [0, 0.05) is 22.8 Å². The Labute approximate surface area is 123 Å². The Balaban J connectivity index is 2.92. The number of hydrogen-bond acceptors (Lipinski definition) is 4. The van der Waals surface area contributed by atoms with Gasteiger partial charge in [-0.25, -0.2) is 8.42 Å². The fourth-order valence-electron chi connectivity index (χ4n) is 1.43. The van der Waals surface area contributed by atoms with E-state index in [0.29, 0.717) is 0 Å². The Morgan fingerprint density at radius 2 is 2.00 bits per heavy atom. The first-order chi connectivity index (χ1) is 9.54. The summed E-state index contributed by atoms with van der Waals surface area (Å²) in [5, 5.41) is 2.03. The van der Waals surface area contributed by atoms with Crippen molar-refractivity contribution < 1.29 is 31.1 Å². The van der Waals surface area contributed by atoms with E-state index in [9.17, 15) is 26.4 Å². The van der Waals surface area contributed by atoms with E-state index in [2.05, 4.69) is 0 Å². The molecule has 5 nitrogen and oxygen atoms in total. The fraction of sp³-hybridized carbons (Fsp3) is 0.364. The van der Waals surface area contributed by atoms with E-state index in [-0.39, 0.29) is 11.3 Å². The molecule has 1 rings (SSSR count). The molecule has 0 aliphatic carbocycles. The Hall–Kier alpha value is -1.48. The van der Waals surface area contributed by atoms with E-state index >= 15 is 0 Å². The first-order valence-corrected chi connectivity index (χ1v) is 7.83. The standard InChI is InChI=1S/C11H11ClF3NO4S/c1-20-8-3-2-7(6-9(8)21(12,18)19)10(17)16-5-4-11(13,14)15/h2-3,6H,4-5H2,1H3,(H,16,17). The Morgan fingerprint density at radius 1 is 1.38 bits per heavy atom. The molecule has 118 valence electrons. The minimum atomic E-state index is -4.39. The van der Waals surface area contributed by atoms with Crippen molar-refractivity contribution in [2.24, 2.45) is 0 Å². The number of nitrogens with one attached hydrogen (secondary N) is 1. The minimum absolute atomic E-state index is 0.0724. The van der Waals surface area contributed by atoms with Gasteiger partial charge >= 0.3 is 6.18 Å². The lowest BCUT2D eigenvalue weighted by molar-refractivity contribution is -0.132. The van der Waals surface area contributed by atoms with Gasteiger partial charge in [-0.3, -0.25) is 4.79 Å². The second kappa shape index (κ2) is 6.52. The maximum Gasteiger partial charge on any atom is 0.390 e. The number of carbonyl (C=O) groups is 1. The van der Waals surface area contributed by atoms with Crippen LogP contribution >= 0.6 is 10.7 Å². The van der Waals surface area contributed by atoms with Gasteiger partial charge in [-0.2, -0.15) is 13.2 Å². The van der Waals surface area contributed by atoms with Gasteiger partial charge in [-0.05, 0) is 18.2 Å². The average Bonchev–Trinajstić information content (AvgIpc) is 2.35. The van der Waals surface area contributed by atoms with E-state index in [0.717, 1.165) is 6.07 Å². The van der Waals surface area contributed by atoms with Gasteiger partial charge in [0.1, 0.15) is 10.6 Å². The van der Waals surface area contributed by atoms with Crippen LogP contribution in [0.15, 0.2) is 23.1 Å². The fourth-order valence-corrected chi connectivity index (χ4v) is 2.45. The van der Waals surface area contributed by atoms with E-state index in [1.165, 1.54) is 19.2 Å². The summed E-state index contributed by atoms with van der Waals surface area (Å²) in [7, 11) is 2.25. The highest BCUT2D eigenvalue weighted by atomic mass is 35.7. The molecule has 0 fully saturated rings. The molecule has 0 aromatic heterocycles. The molecular weight excluding hydrogens is 335 g/mol. The molecular formula is C11H11ClF3NO4S.